The number of allylic oxidation sites excluding steroid dienone is 1. The molecule has 0 bridgehead atoms. The average molecular weight is 495 g/mol. The number of esters is 1. The topological polar surface area (TPSA) is 77.3 Å². The third-order valence-corrected chi connectivity index (χ3v) is 6.54. The van der Waals surface area contributed by atoms with Gasteiger partial charge < -0.3 is 4.74 Å². The summed E-state index contributed by atoms with van der Waals surface area (Å²) >= 11 is 4.72. The van der Waals surface area contributed by atoms with E-state index >= 15 is 0 Å². The molecule has 1 aliphatic carbocycles. The second-order valence-corrected chi connectivity index (χ2v) is 8.80. The van der Waals surface area contributed by atoms with Crippen molar-refractivity contribution in [2.24, 2.45) is 5.92 Å². The first-order valence-corrected chi connectivity index (χ1v) is 11.5. The Balaban J connectivity index is 0.00000306. The molecule has 2 unspecified atom stereocenters. The zero-order chi connectivity index (χ0) is 22.7. The highest BCUT2D eigenvalue weighted by atomic mass is 35.5. The molecule has 2 fully saturated rings. The summed E-state index contributed by atoms with van der Waals surface area (Å²) in [5, 5.41) is 7.81. The van der Waals surface area contributed by atoms with Crippen LogP contribution >= 0.6 is 25.0 Å². The SMILES string of the molecule is CCOC(=O)c1cnnn1C/C=C1/CN(C(C(=O)C2CC2)c2ccccc2F)CCC1S.Cl. The van der Waals surface area contributed by atoms with Gasteiger partial charge in [-0.15, -0.1) is 17.5 Å². The summed E-state index contributed by atoms with van der Waals surface area (Å²) in [5.41, 5.74) is 1.72. The summed E-state index contributed by atoms with van der Waals surface area (Å²) in [4.78, 5) is 27.3. The molecule has 2 atom stereocenters. The van der Waals surface area contributed by atoms with Gasteiger partial charge >= 0.3 is 5.97 Å². The molecule has 2 aliphatic rings. The number of carbonyl (C=O) groups excluding carboxylic acids is 2. The first-order chi connectivity index (χ1) is 15.5. The van der Waals surface area contributed by atoms with Crippen LogP contribution in [0.5, 0.6) is 0 Å². The molecule has 0 N–H and O–H groups in total. The van der Waals surface area contributed by atoms with Crippen LogP contribution in [-0.2, 0) is 16.1 Å². The Morgan fingerprint density at radius 2 is 2.06 bits per heavy atom. The molecule has 0 radical (unpaired) electrons. The monoisotopic (exact) mass is 494 g/mol. The van der Waals surface area contributed by atoms with Gasteiger partial charge in [0.2, 0.25) is 0 Å². The van der Waals surface area contributed by atoms with Gasteiger partial charge in [0.25, 0.3) is 0 Å². The first-order valence-electron chi connectivity index (χ1n) is 10.9. The van der Waals surface area contributed by atoms with Crippen LogP contribution in [0.25, 0.3) is 0 Å². The minimum atomic E-state index is -0.602. The van der Waals surface area contributed by atoms with Crippen LogP contribution in [0.4, 0.5) is 4.39 Å². The fourth-order valence-corrected chi connectivity index (χ4v) is 4.39. The summed E-state index contributed by atoms with van der Waals surface area (Å²) in [6.07, 6.45) is 5.82. The van der Waals surface area contributed by atoms with Crippen LogP contribution in [0.15, 0.2) is 42.1 Å². The highest BCUT2D eigenvalue weighted by Crippen LogP contribution is 2.39. The fraction of sp³-hybridized carbons (Fsp3) is 0.478. The summed E-state index contributed by atoms with van der Waals surface area (Å²) in [5.74, 6) is -0.721. The van der Waals surface area contributed by atoms with Gasteiger partial charge in [-0.1, -0.05) is 29.5 Å². The summed E-state index contributed by atoms with van der Waals surface area (Å²) in [7, 11) is 0. The van der Waals surface area contributed by atoms with Crippen molar-refractivity contribution in [1.82, 2.24) is 19.9 Å². The van der Waals surface area contributed by atoms with E-state index in [4.69, 9.17) is 17.4 Å². The molecule has 1 aliphatic heterocycles. The van der Waals surface area contributed by atoms with Crippen molar-refractivity contribution in [2.75, 3.05) is 19.7 Å². The molecular formula is C23H28ClFN4O3S. The van der Waals surface area contributed by atoms with Gasteiger partial charge in [-0.3, -0.25) is 9.69 Å². The lowest BCUT2D eigenvalue weighted by molar-refractivity contribution is -0.126. The molecular weight excluding hydrogens is 467 g/mol. The summed E-state index contributed by atoms with van der Waals surface area (Å²) in [6, 6.07) is 5.93. The van der Waals surface area contributed by atoms with Crippen molar-refractivity contribution in [3.05, 3.63) is 59.2 Å². The Hall–Kier alpha value is -2.23. The first kappa shape index (κ1) is 25.4. The van der Waals surface area contributed by atoms with Gasteiger partial charge in [0, 0.05) is 29.8 Å². The quantitative estimate of drug-likeness (QED) is 0.343. The fourth-order valence-electron chi connectivity index (χ4n) is 4.09. The maximum atomic E-state index is 14.7. The minimum Gasteiger partial charge on any atom is -0.461 e. The lowest BCUT2D eigenvalue weighted by Crippen LogP contribution is -2.42. The molecule has 10 heteroatoms. The second-order valence-electron chi connectivity index (χ2n) is 8.18. The molecule has 4 rings (SSSR count). The smallest absolute Gasteiger partial charge is 0.358 e. The van der Waals surface area contributed by atoms with Gasteiger partial charge in [-0.25, -0.2) is 13.9 Å². The number of rotatable bonds is 8. The van der Waals surface area contributed by atoms with Crippen molar-refractivity contribution < 1.29 is 18.7 Å². The normalized spacial score (nSPS) is 20.8. The van der Waals surface area contributed by atoms with Gasteiger partial charge in [0.1, 0.15) is 5.82 Å². The number of Topliss-reactive ketones (excluding diaryl/α,β-unsaturated/α-hetero) is 1. The number of aromatic nitrogens is 3. The van der Waals surface area contributed by atoms with E-state index < -0.39 is 12.0 Å². The number of piperidine rings is 1. The van der Waals surface area contributed by atoms with Crippen LogP contribution in [0, 0.1) is 11.7 Å². The van der Waals surface area contributed by atoms with Gasteiger partial charge in [-0.2, -0.15) is 12.6 Å². The van der Waals surface area contributed by atoms with E-state index in [1.165, 1.54) is 16.9 Å². The summed E-state index contributed by atoms with van der Waals surface area (Å²) in [6.45, 7) is 3.49. The molecule has 0 spiro atoms. The minimum absolute atomic E-state index is 0. The van der Waals surface area contributed by atoms with Gasteiger partial charge in [0.15, 0.2) is 11.5 Å². The largest absolute Gasteiger partial charge is 0.461 e. The third kappa shape index (κ3) is 5.83. The highest BCUT2D eigenvalue weighted by Gasteiger charge is 2.40. The zero-order valence-corrected chi connectivity index (χ0v) is 20.1. The van der Waals surface area contributed by atoms with Crippen LogP contribution in [0.1, 0.15) is 48.3 Å². The van der Waals surface area contributed by atoms with E-state index in [1.807, 2.05) is 11.0 Å². The maximum absolute atomic E-state index is 14.7. The predicted octanol–water partition coefficient (Wildman–Crippen LogP) is 3.67. The number of carbonyl (C=O) groups is 2. The maximum Gasteiger partial charge on any atom is 0.358 e. The Morgan fingerprint density at radius 1 is 1.30 bits per heavy atom. The van der Waals surface area contributed by atoms with Crippen molar-refractivity contribution in [1.29, 1.82) is 0 Å². The van der Waals surface area contributed by atoms with Crippen LogP contribution in [0.2, 0.25) is 0 Å². The zero-order valence-electron chi connectivity index (χ0n) is 18.4. The lowest BCUT2D eigenvalue weighted by atomic mass is 9.93. The van der Waals surface area contributed by atoms with Crippen LogP contribution in [0.3, 0.4) is 0 Å². The predicted molar refractivity (Wildman–Crippen MR) is 127 cm³/mol. The molecule has 0 amide bonds. The van der Waals surface area contributed by atoms with E-state index in [2.05, 4.69) is 10.3 Å². The number of benzene rings is 1. The Kier molecular flexibility index (Phi) is 8.67. The number of thiol groups is 1. The Morgan fingerprint density at radius 3 is 2.76 bits per heavy atom. The van der Waals surface area contributed by atoms with Crippen molar-refractivity contribution in [2.45, 2.75) is 44.0 Å². The molecule has 1 aromatic heterocycles. The second kappa shape index (κ2) is 11.3. The summed E-state index contributed by atoms with van der Waals surface area (Å²) < 4.78 is 21.2. The van der Waals surface area contributed by atoms with Gasteiger partial charge in [-0.05, 0) is 37.8 Å². The van der Waals surface area contributed by atoms with Crippen molar-refractivity contribution in [3.63, 3.8) is 0 Å². The molecule has 2 heterocycles. The van der Waals surface area contributed by atoms with E-state index in [0.717, 1.165) is 24.8 Å². The number of nitrogens with zero attached hydrogens (tertiary/aromatic N) is 4. The number of ketones is 1. The Bertz CT molecular complexity index is 1030. The Labute approximate surface area is 204 Å². The molecule has 1 saturated carbocycles. The van der Waals surface area contributed by atoms with Crippen LogP contribution in [-0.4, -0.2) is 56.6 Å². The molecule has 7 nitrogen and oxygen atoms in total. The number of hydrogen-bond acceptors (Lipinski definition) is 7. The van der Waals surface area contributed by atoms with Crippen molar-refractivity contribution in [3.8, 4) is 0 Å². The van der Waals surface area contributed by atoms with E-state index in [0.29, 0.717) is 25.2 Å². The molecule has 1 aromatic carbocycles. The van der Waals surface area contributed by atoms with Crippen LogP contribution < -0.4 is 0 Å². The van der Waals surface area contributed by atoms with Gasteiger partial charge in [0.05, 0.1) is 25.4 Å². The molecule has 2 aromatic rings. The van der Waals surface area contributed by atoms with E-state index in [9.17, 15) is 14.0 Å². The number of likely N-dealkylation sites (tertiary alicyclic amines) is 1. The third-order valence-electron chi connectivity index (χ3n) is 5.95. The van der Waals surface area contributed by atoms with Crippen molar-refractivity contribution >= 4 is 36.8 Å². The average Bonchev–Trinajstić information content (AvgIpc) is 3.53. The van der Waals surface area contributed by atoms with E-state index in [-0.39, 0.29) is 47.5 Å². The lowest BCUT2D eigenvalue weighted by Gasteiger charge is -2.37. The standard InChI is InChI=1S/C23H27FN4O3S.ClH/c1-2-31-23(30)19-13-25-26-28(19)12-9-16-14-27(11-10-20(16)32)21(22(29)15-7-8-15)17-5-3-4-6-18(17)24;/h3-6,9,13,15,20-21,32H,2,7-8,10-12,14H2,1H3;1H/b16-9-;. The van der Waals surface area contributed by atoms with E-state index in [1.54, 1.807) is 25.1 Å². The highest BCUT2D eigenvalue weighted by molar-refractivity contribution is 7.81. The number of ether oxygens (including phenoxy) is 1. The number of halogens is 2. The molecule has 1 saturated heterocycles. The molecule has 33 heavy (non-hydrogen) atoms. The number of hydrogen-bond donors (Lipinski definition) is 1. The molecule has 178 valence electrons.